The summed E-state index contributed by atoms with van der Waals surface area (Å²) in [5.74, 6) is -0.174. The van der Waals surface area contributed by atoms with E-state index in [4.69, 9.17) is 15.4 Å². The average Bonchev–Trinajstić information content (AvgIpc) is 3.00. The zero-order valence-corrected chi connectivity index (χ0v) is 12.6. The maximum atomic E-state index is 11.9. The molecule has 2 rings (SSSR count). The van der Waals surface area contributed by atoms with Crippen molar-refractivity contribution in [3.63, 3.8) is 0 Å². The Kier molecular flexibility index (Phi) is 4.50. The van der Waals surface area contributed by atoms with Crippen LogP contribution in [0.25, 0.3) is 0 Å². The van der Waals surface area contributed by atoms with Crippen LogP contribution >= 0.6 is 22.0 Å². The molecule has 0 aromatic carbocycles. The second-order valence-electron chi connectivity index (χ2n) is 4.39. The lowest BCUT2D eigenvalue weighted by atomic mass is 10.1. The number of halogens is 1. The molecule has 1 saturated heterocycles. The molecule has 19 heavy (non-hydrogen) atoms. The highest BCUT2D eigenvalue weighted by Crippen LogP contribution is 2.29. The van der Waals surface area contributed by atoms with E-state index in [-0.39, 0.29) is 22.1 Å². The first-order valence-electron chi connectivity index (χ1n) is 5.80. The first-order valence-corrected chi connectivity index (χ1v) is 8.93. The smallest absolute Gasteiger partial charge is 0.270 e. The molecule has 0 spiro atoms. The van der Waals surface area contributed by atoms with Crippen LogP contribution in [0.4, 0.5) is 0 Å². The van der Waals surface area contributed by atoms with Gasteiger partial charge in [0.15, 0.2) is 0 Å². The molecule has 0 radical (unpaired) electrons. The van der Waals surface area contributed by atoms with Crippen molar-refractivity contribution in [2.45, 2.75) is 23.6 Å². The van der Waals surface area contributed by atoms with E-state index in [2.05, 4.69) is 5.32 Å². The van der Waals surface area contributed by atoms with E-state index in [1.165, 1.54) is 6.07 Å². The van der Waals surface area contributed by atoms with Crippen LogP contribution in [0.2, 0.25) is 0 Å². The number of amides is 1. The van der Waals surface area contributed by atoms with Gasteiger partial charge in [-0.2, -0.15) is 0 Å². The van der Waals surface area contributed by atoms with Gasteiger partial charge in [-0.1, -0.05) is 0 Å². The molecule has 1 amide bonds. The second kappa shape index (κ2) is 5.78. The van der Waals surface area contributed by atoms with Crippen molar-refractivity contribution < 1.29 is 17.9 Å². The van der Waals surface area contributed by atoms with Crippen molar-refractivity contribution in [1.29, 1.82) is 0 Å². The molecule has 2 atom stereocenters. The Bertz CT molecular complexity index is 563. The highest BCUT2D eigenvalue weighted by molar-refractivity contribution is 8.15. The summed E-state index contributed by atoms with van der Waals surface area (Å²) in [6, 6.07) is 2.87. The summed E-state index contributed by atoms with van der Waals surface area (Å²) in [7, 11) is 1.56. The molecule has 1 aromatic rings. The number of ether oxygens (including phenoxy) is 1. The van der Waals surface area contributed by atoms with E-state index in [1.54, 1.807) is 6.07 Å². The third-order valence-corrected chi connectivity index (χ3v) is 6.29. The van der Waals surface area contributed by atoms with Gasteiger partial charge in [0.05, 0.1) is 18.6 Å². The van der Waals surface area contributed by atoms with E-state index >= 15 is 0 Å². The van der Waals surface area contributed by atoms with Gasteiger partial charge in [-0.05, 0) is 25.5 Å². The summed E-state index contributed by atoms with van der Waals surface area (Å²) >= 11 is 1.07. The van der Waals surface area contributed by atoms with Crippen molar-refractivity contribution in [2.75, 3.05) is 13.2 Å². The van der Waals surface area contributed by atoms with Gasteiger partial charge in [0.1, 0.15) is 4.21 Å². The molecule has 0 saturated carbocycles. The fraction of sp³-hybridized carbons (Fsp3) is 0.545. The van der Waals surface area contributed by atoms with Gasteiger partial charge in [0.25, 0.3) is 9.05 Å². The number of thiophene rings is 1. The minimum Gasteiger partial charge on any atom is -0.381 e. The summed E-state index contributed by atoms with van der Waals surface area (Å²) in [6.45, 7) is 2.87. The fourth-order valence-electron chi connectivity index (χ4n) is 1.84. The van der Waals surface area contributed by atoms with Crippen LogP contribution in [0.15, 0.2) is 16.3 Å². The molecule has 2 heterocycles. The number of hydrogen-bond donors (Lipinski definition) is 1. The number of nitrogens with one attached hydrogen (secondary N) is 1. The summed E-state index contributed by atoms with van der Waals surface area (Å²) < 4.78 is 27.6. The minimum atomic E-state index is -3.70. The number of carbonyl (C=O) groups excluding carboxylic acids is 1. The first kappa shape index (κ1) is 14.8. The molecule has 1 aliphatic heterocycles. The number of carbonyl (C=O) groups is 1. The molecule has 2 unspecified atom stereocenters. The fourth-order valence-corrected chi connectivity index (χ4v) is 3.94. The second-order valence-corrected chi connectivity index (χ2v) is 8.29. The molecular formula is C11H14ClNO4S2. The summed E-state index contributed by atoms with van der Waals surface area (Å²) in [4.78, 5) is 12.7. The van der Waals surface area contributed by atoms with Gasteiger partial charge in [-0.3, -0.25) is 4.79 Å². The SMILES string of the molecule is CC(NC(=O)C1CCOC1)c1ccc(S(=O)(=O)Cl)s1. The molecule has 106 valence electrons. The summed E-state index contributed by atoms with van der Waals surface area (Å²) in [5.41, 5.74) is 0. The van der Waals surface area contributed by atoms with Crippen LogP contribution < -0.4 is 5.32 Å². The summed E-state index contributed by atoms with van der Waals surface area (Å²) in [6.07, 6.45) is 0.726. The average molecular weight is 324 g/mol. The van der Waals surface area contributed by atoms with Crippen LogP contribution in [0, 0.1) is 5.92 Å². The van der Waals surface area contributed by atoms with Gasteiger partial charge in [-0.15, -0.1) is 11.3 Å². The Labute approximate surface area is 120 Å². The lowest BCUT2D eigenvalue weighted by Crippen LogP contribution is -2.32. The van der Waals surface area contributed by atoms with E-state index in [1.807, 2.05) is 6.92 Å². The molecule has 1 aromatic heterocycles. The lowest BCUT2D eigenvalue weighted by molar-refractivity contribution is -0.125. The van der Waals surface area contributed by atoms with Crippen LogP contribution in [0.3, 0.4) is 0 Å². The third kappa shape index (κ3) is 3.68. The van der Waals surface area contributed by atoms with Crippen LogP contribution in [-0.2, 0) is 18.6 Å². The Morgan fingerprint density at radius 1 is 1.58 bits per heavy atom. The molecule has 8 heteroatoms. The van der Waals surface area contributed by atoms with Gasteiger partial charge in [-0.25, -0.2) is 8.42 Å². The highest BCUT2D eigenvalue weighted by atomic mass is 35.7. The lowest BCUT2D eigenvalue weighted by Gasteiger charge is -2.14. The minimum absolute atomic E-state index is 0.0614. The molecule has 1 fully saturated rings. The van der Waals surface area contributed by atoms with Gasteiger partial charge < -0.3 is 10.1 Å². The molecule has 5 nitrogen and oxygen atoms in total. The normalized spacial score (nSPS) is 21.3. The Morgan fingerprint density at radius 2 is 2.32 bits per heavy atom. The van der Waals surface area contributed by atoms with Crippen LogP contribution in [0.1, 0.15) is 24.3 Å². The maximum Gasteiger partial charge on any atom is 0.270 e. The summed E-state index contributed by atoms with van der Waals surface area (Å²) in [5, 5.41) is 2.86. The van der Waals surface area contributed by atoms with Crippen molar-refractivity contribution >= 4 is 37.0 Å². The first-order chi connectivity index (χ1) is 8.88. The van der Waals surface area contributed by atoms with Crippen molar-refractivity contribution in [3.8, 4) is 0 Å². The Morgan fingerprint density at radius 3 is 2.84 bits per heavy atom. The molecule has 1 N–H and O–H groups in total. The standard InChI is InChI=1S/C11H14ClNO4S2/c1-7(13-11(14)8-4-5-17-6-8)9-2-3-10(18-9)19(12,15)16/h2-3,7-8H,4-6H2,1H3,(H,13,14). The van der Waals surface area contributed by atoms with E-state index in [9.17, 15) is 13.2 Å². The monoisotopic (exact) mass is 323 g/mol. The van der Waals surface area contributed by atoms with Gasteiger partial charge >= 0.3 is 0 Å². The number of hydrogen-bond acceptors (Lipinski definition) is 5. The topological polar surface area (TPSA) is 72.5 Å². The van der Waals surface area contributed by atoms with E-state index < -0.39 is 9.05 Å². The maximum absolute atomic E-state index is 11.9. The van der Waals surface area contributed by atoms with E-state index in [0.29, 0.717) is 13.2 Å². The Hall–Kier alpha value is -0.630. The molecule has 1 aliphatic rings. The van der Waals surface area contributed by atoms with Gasteiger partial charge in [0.2, 0.25) is 5.91 Å². The van der Waals surface area contributed by atoms with Gasteiger partial charge in [0, 0.05) is 22.2 Å². The predicted molar refractivity (Wildman–Crippen MR) is 72.8 cm³/mol. The quantitative estimate of drug-likeness (QED) is 0.859. The molecule has 0 aliphatic carbocycles. The molecule has 0 bridgehead atoms. The van der Waals surface area contributed by atoms with Crippen LogP contribution in [0.5, 0.6) is 0 Å². The largest absolute Gasteiger partial charge is 0.381 e. The predicted octanol–water partition coefficient (Wildman–Crippen LogP) is 1.89. The number of rotatable bonds is 4. The third-order valence-electron chi connectivity index (χ3n) is 2.93. The highest BCUT2D eigenvalue weighted by Gasteiger charge is 2.25. The van der Waals surface area contributed by atoms with Crippen molar-refractivity contribution in [2.24, 2.45) is 5.92 Å². The van der Waals surface area contributed by atoms with E-state index in [0.717, 1.165) is 22.6 Å². The zero-order valence-electron chi connectivity index (χ0n) is 10.3. The van der Waals surface area contributed by atoms with Crippen molar-refractivity contribution in [3.05, 3.63) is 17.0 Å². The van der Waals surface area contributed by atoms with Crippen molar-refractivity contribution in [1.82, 2.24) is 5.32 Å². The molecular weight excluding hydrogens is 310 g/mol. The Balaban J connectivity index is 2.01. The van der Waals surface area contributed by atoms with Crippen LogP contribution in [-0.4, -0.2) is 27.5 Å². The zero-order chi connectivity index (χ0) is 14.0.